The van der Waals surface area contributed by atoms with E-state index in [9.17, 15) is 0 Å². The summed E-state index contributed by atoms with van der Waals surface area (Å²) in [7, 11) is 0. The summed E-state index contributed by atoms with van der Waals surface area (Å²) < 4.78 is 14.3. The largest absolute Gasteiger partial charge is 0.494 e. The third-order valence-corrected chi connectivity index (χ3v) is 5.08. The zero-order valence-corrected chi connectivity index (χ0v) is 17.9. The van der Waals surface area contributed by atoms with Crippen LogP contribution in [-0.4, -0.2) is 16.2 Å². The molecule has 154 valence electrons. The third kappa shape index (κ3) is 4.82. The molecule has 1 aromatic heterocycles. The van der Waals surface area contributed by atoms with Crippen molar-refractivity contribution in [1.29, 1.82) is 0 Å². The highest BCUT2D eigenvalue weighted by Crippen LogP contribution is 2.20. The molecule has 0 radical (unpaired) electrons. The first kappa shape index (κ1) is 20.0. The number of ether oxygens (including phenoxy) is 2. The zero-order valence-electron chi connectivity index (χ0n) is 17.9. The van der Waals surface area contributed by atoms with Gasteiger partial charge in [0, 0.05) is 6.54 Å². The average Bonchev–Trinajstić information content (AvgIpc) is 3.07. The van der Waals surface area contributed by atoms with Gasteiger partial charge in [0.1, 0.15) is 23.9 Å². The number of aryl methyl sites for hydroxylation is 4. The van der Waals surface area contributed by atoms with Crippen LogP contribution >= 0.6 is 0 Å². The van der Waals surface area contributed by atoms with Gasteiger partial charge < -0.3 is 14.0 Å². The lowest BCUT2D eigenvalue weighted by Gasteiger charge is -2.12. The maximum absolute atomic E-state index is 6.03. The minimum Gasteiger partial charge on any atom is -0.494 e. The van der Waals surface area contributed by atoms with Crippen LogP contribution in [0.4, 0.5) is 0 Å². The molecule has 0 unspecified atom stereocenters. The Labute approximate surface area is 178 Å². The van der Waals surface area contributed by atoms with Gasteiger partial charge in [-0.3, -0.25) is 0 Å². The number of benzene rings is 3. The molecule has 4 aromatic rings. The summed E-state index contributed by atoms with van der Waals surface area (Å²) >= 11 is 0. The number of hydrogen-bond donors (Lipinski definition) is 0. The molecule has 0 aliphatic heterocycles. The molecular formula is C26H28N2O2. The summed E-state index contributed by atoms with van der Waals surface area (Å²) in [5, 5.41) is 0. The van der Waals surface area contributed by atoms with E-state index >= 15 is 0 Å². The van der Waals surface area contributed by atoms with E-state index in [0.717, 1.165) is 41.3 Å². The molecule has 1 heterocycles. The molecule has 4 rings (SSSR count). The van der Waals surface area contributed by atoms with Crippen LogP contribution in [0.15, 0.2) is 66.7 Å². The van der Waals surface area contributed by atoms with E-state index in [1.807, 2.05) is 30.3 Å². The maximum atomic E-state index is 6.03. The Morgan fingerprint density at radius 1 is 0.767 bits per heavy atom. The first-order valence-corrected chi connectivity index (χ1v) is 10.4. The summed E-state index contributed by atoms with van der Waals surface area (Å²) in [6.45, 7) is 8.19. The van der Waals surface area contributed by atoms with Crippen molar-refractivity contribution in [1.82, 2.24) is 9.55 Å². The van der Waals surface area contributed by atoms with E-state index in [-0.39, 0.29) is 0 Å². The standard InChI is InChI=1S/C26H28N2O2/c1-19-8-6-9-22(15-19)30-18-26-27-24-10-4-5-11-25(24)28(26)12-7-13-29-23-16-20(2)14-21(3)17-23/h4-6,8-11,14-17H,7,12-13,18H2,1-3H3. The van der Waals surface area contributed by atoms with Crippen LogP contribution in [0.5, 0.6) is 11.5 Å². The fourth-order valence-corrected chi connectivity index (χ4v) is 3.77. The molecule has 4 nitrogen and oxygen atoms in total. The zero-order chi connectivity index (χ0) is 20.9. The molecule has 0 aliphatic carbocycles. The average molecular weight is 401 g/mol. The topological polar surface area (TPSA) is 36.3 Å². The van der Waals surface area contributed by atoms with Crippen molar-refractivity contribution in [2.45, 2.75) is 40.3 Å². The van der Waals surface area contributed by atoms with Crippen molar-refractivity contribution >= 4 is 11.0 Å². The van der Waals surface area contributed by atoms with Crippen LogP contribution in [0.2, 0.25) is 0 Å². The summed E-state index contributed by atoms with van der Waals surface area (Å²) in [6, 6.07) is 22.7. The van der Waals surface area contributed by atoms with Crippen LogP contribution < -0.4 is 9.47 Å². The third-order valence-electron chi connectivity index (χ3n) is 5.08. The van der Waals surface area contributed by atoms with Gasteiger partial charge in [0.2, 0.25) is 0 Å². The van der Waals surface area contributed by atoms with E-state index in [4.69, 9.17) is 14.5 Å². The molecule has 0 atom stereocenters. The number of imidazole rings is 1. The summed E-state index contributed by atoms with van der Waals surface area (Å²) in [5.41, 5.74) is 5.76. The van der Waals surface area contributed by atoms with Gasteiger partial charge >= 0.3 is 0 Å². The monoisotopic (exact) mass is 400 g/mol. The molecule has 0 saturated carbocycles. The van der Waals surface area contributed by atoms with E-state index in [0.29, 0.717) is 13.2 Å². The first-order valence-electron chi connectivity index (χ1n) is 10.4. The van der Waals surface area contributed by atoms with E-state index in [2.05, 4.69) is 61.7 Å². The van der Waals surface area contributed by atoms with Crippen molar-refractivity contribution in [2.24, 2.45) is 0 Å². The second-order valence-corrected chi connectivity index (χ2v) is 7.80. The molecule has 0 amide bonds. The number of para-hydroxylation sites is 2. The van der Waals surface area contributed by atoms with E-state index < -0.39 is 0 Å². The molecule has 0 spiro atoms. The van der Waals surface area contributed by atoms with Crippen molar-refractivity contribution < 1.29 is 9.47 Å². The SMILES string of the molecule is Cc1cc(C)cc(OCCCn2c(COc3cccc(C)c3)nc3ccccc32)c1. The number of nitrogens with zero attached hydrogens (tertiary/aromatic N) is 2. The fraction of sp³-hybridized carbons (Fsp3) is 0.269. The van der Waals surface area contributed by atoms with Crippen molar-refractivity contribution in [3.8, 4) is 11.5 Å². The predicted molar refractivity (Wildman–Crippen MR) is 121 cm³/mol. The Kier molecular flexibility index (Phi) is 6.03. The highest BCUT2D eigenvalue weighted by molar-refractivity contribution is 5.75. The minimum atomic E-state index is 0.441. The maximum Gasteiger partial charge on any atom is 0.147 e. The number of hydrogen-bond acceptors (Lipinski definition) is 3. The molecule has 3 aromatic carbocycles. The van der Waals surface area contributed by atoms with Gasteiger partial charge in [-0.05, 0) is 80.3 Å². The summed E-state index contributed by atoms with van der Waals surface area (Å²) in [5.74, 6) is 2.74. The van der Waals surface area contributed by atoms with E-state index in [1.54, 1.807) is 0 Å². The molecule has 4 heteroatoms. The second-order valence-electron chi connectivity index (χ2n) is 7.80. The molecule has 0 bridgehead atoms. The van der Waals surface area contributed by atoms with Crippen LogP contribution in [0.1, 0.15) is 28.9 Å². The van der Waals surface area contributed by atoms with Gasteiger partial charge in [-0.25, -0.2) is 4.98 Å². The second kappa shape index (κ2) is 9.04. The van der Waals surface area contributed by atoms with Gasteiger partial charge in [-0.2, -0.15) is 0 Å². The molecule has 30 heavy (non-hydrogen) atoms. The van der Waals surface area contributed by atoms with Crippen molar-refractivity contribution in [3.05, 3.63) is 89.2 Å². The molecule has 0 N–H and O–H groups in total. The lowest BCUT2D eigenvalue weighted by molar-refractivity contribution is 0.280. The van der Waals surface area contributed by atoms with Gasteiger partial charge in [-0.1, -0.05) is 30.3 Å². The van der Waals surface area contributed by atoms with Crippen LogP contribution in [0.25, 0.3) is 11.0 Å². The Morgan fingerprint density at radius 2 is 1.53 bits per heavy atom. The van der Waals surface area contributed by atoms with Crippen LogP contribution in [0, 0.1) is 20.8 Å². The Balaban J connectivity index is 1.44. The molecule has 0 fully saturated rings. The Morgan fingerprint density at radius 3 is 2.33 bits per heavy atom. The lowest BCUT2D eigenvalue weighted by Crippen LogP contribution is -2.10. The van der Waals surface area contributed by atoms with E-state index in [1.165, 1.54) is 16.7 Å². The van der Waals surface area contributed by atoms with Crippen LogP contribution in [-0.2, 0) is 13.2 Å². The normalized spacial score (nSPS) is 11.0. The van der Waals surface area contributed by atoms with Crippen molar-refractivity contribution in [3.63, 3.8) is 0 Å². The van der Waals surface area contributed by atoms with Gasteiger partial charge in [-0.15, -0.1) is 0 Å². The molecule has 0 aliphatic rings. The summed E-state index contributed by atoms with van der Waals surface area (Å²) in [6.07, 6.45) is 0.894. The Bertz CT molecular complexity index is 1130. The quantitative estimate of drug-likeness (QED) is 0.340. The smallest absolute Gasteiger partial charge is 0.147 e. The van der Waals surface area contributed by atoms with Crippen molar-refractivity contribution in [2.75, 3.05) is 6.61 Å². The molecular weight excluding hydrogens is 372 g/mol. The van der Waals surface area contributed by atoms with Crippen LogP contribution in [0.3, 0.4) is 0 Å². The number of fused-ring (bicyclic) bond motifs is 1. The first-order chi connectivity index (χ1) is 14.6. The predicted octanol–water partition coefficient (Wildman–Crippen LogP) is 6.01. The molecule has 0 saturated heterocycles. The highest BCUT2D eigenvalue weighted by Gasteiger charge is 2.11. The number of aromatic nitrogens is 2. The summed E-state index contributed by atoms with van der Waals surface area (Å²) in [4.78, 5) is 4.81. The van der Waals surface area contributed by atoms with Gasteiger partial charge in [0.05, 0.1) is 17.6 Å². The lowest BCUT2D eigenvalue weighted by atomic mass is 10.1. The minimum absolute atomic E-state index is 0.441. The van der Waals surface area contributed by atoms with Gasteiger partial charge in [0.15, 0.2) is 0 Å². The number of rotatable bonds is 8. The van der Waals surface area contributed by atoms with Gasteiger partial charge in [0.25, 0.3) is 0 Å². The highest BCUT2D eigenvalue weighted by atomic mass is 16.5. The fourth-order valence-electron chi connectivity index (χ4n) is 3.77. The Hall–Kier alpha value is -3.27.